The van der Waals surface area contributed by atoms with Gasteiger partial charge in [0, 0.05) is 5.57 Å². The topological polar surface area (TPSA) is 46.2 Å². The number of allylic oxidation sites excluding steroid dienone is 1. The Kier molecular flexibility index (Phi) is 2.40. The molecule has 2 rings (SSSR count). The zero-order chi connectivity index (χ0) is 10.1. The average molecular weight is 193 g/mol. The van der Waals surface area contributed by atoms with E-state index in [-0.39, 0.29) is 11.8 Å². The molecule has 0 bridgehead atoms. The van der Waals surface area contributed by atoms with Crippen molar-refractivity contribution in [3.05, 3.63) is 11.1 Å². The Bertz CT molecular complexity index is 307. The fraction of sp³-hybridized carbons (Fsp3) is 0.636. The van der Waals surface area contributed by atoms with E-state index in [9.17, 15) is 9.59 Å². The maximum absolute atomic E-state index is 11.4. The SMILES string of the molecule is CC1CCC(=C2CC(=O)NC2=O)CC1. The van der Waals surface area contributed by atoms with Crippen molar-refractivity contribution in [3.8, 4) is 0 Å². The van der Waals surface area contributed by atoms with E-state index in [4.69, 9.17) is 0 Å². The summed E-state index contributed by atoms with van der Waals surface area (Å²) in [4.78, 5) is 22.4. The highest BCUT2D eigenvalue weighted by atomic mass is 16.2. The molecule has 1 aliphatic heterocycles. The molecule has 0 radical (unpaired) electrons. The maximum atomic E-state index is 11.4. The average Bonchev–Trinajstić information content (AvgIpc) is 2.47. The number of imide groups is 1. The molecule has 2 amide bonds. The van der Waals surface area contributed by atoms with Crippen molar-refractivity contribution < 1.29 is 9.59 Å². The summed E-state index contributed by atoms with van der Waals surface area (Å²) in [6.07, 6.45) is 4.61. The standard InChI is InChI=1S/C11H15NO2/c1-7-2-4-8(5-3-7)9-6-10(13)12-11(9)14/h7H,2-6H2,1H3,(H,12,13,14). The van der Waals surface area contributed by atoms with E-state index in [2.05, 4.69) is 12.2 Å². The summed E-state index contributed by atoms with van der Waals surface area (Å²) in [6.45, 7) is 2.24. The van der Waals surface area contributed by atoms with Gasteiger partial charge in [0.15, 0.2) is 0 Å². The molecule has 1 aliphatic carbocycles. The summed E-state index contributed by atoms with van der Waals surface area (Å²) in [5.74, 6) is 0.468. The number of carbonyl (C=O) groups is 2. The second kappa shape index (κ2) is 3.56. The van der Waals surface area contributed by atoms with Gasteiger partial charge in [-0.1, -0.05) is 12.5 Å². The molecule has 2 aliphatic rings. The number of carbonyl (C=O) groups excluding carboxylic acids is 2. The van der Waals surface area contributed by atoms with Gasteiger partial charge >= 0.3 is 0 Å². The highest BCUT2D eigenvalue weighted by Crippen LogP contribution is 2.31. The predicted octanol–water partition coefficient (Wildman–Crippen LogP) is 1.54. The molecule has 76 valence electrons. The summed E-state index contributed by atoms with van der Waals surface area (Å²) in [5.41, 5.74) is 1.97. The summed E-state index contributed by atoms with van der Waals surface area (Å²) in [7, 11) is 0. The number of rotatable bonds is 0. The van der Waals surface area contributed by atoms with Crippen LogP contribution in [0.1, 0.15) is 39.0 Å². The van der Waals surface area contributed by atoms with E-state index in [0.717, 1.165) is 37.2 Å². The molecule has 0 spiro atoms. The Labute approximate surface area is 83.6 Å². The van der Waals surface area contributed by atoms with Gasteiger partial charge < -0.3 is 0 Å². The van der Waals surface area contributed by atoms with Crippen LogP contribution in [-0.4, -0.2) is 11.8 Å². The largest absolute Gasteiger partial charge is 0.292 e. The molecule has 0 unspecified atom stereocenters. The van der Waals surface area contributed by atoms with Gasteiger partial charge in [0.2, 0.25) is 5.91 Å². The molecule has 0 aromatic heterocycles. The lowest BCUT2D eigenvalue weighted by molar-refractivity contribution is -0.124. The summed E-state index contributed by atoms with van der Waals surface area (Å²) in [6, 6.07) is 0. The lowest BCUT2D eigenvalue weighted by Gasteiger charge is -2.21. The van der Waals surface area contributed by atoms with Crippen molar-refractivity contribution in [1.82, 2.24) is 5.32 Å². The van der Waals surface area contributed by atoms with Crippen molar-refractivity contribution >= 4 is 11.8 Å². The van der Waals surface area contributed by atoms with Crippen molar-refractivity contribution in [2.45, 2.75) is 39.0 Å². The highest BCUT2D eigenvalue weighted by molar-refractivity contribution is 6.13. The molecule has 0 atom stereocenters. The Hall–Kier alpha value is -1.12. The molecule has 1 saturated heterocycles. The minimum absolute atomic E-state index is 0.142. The van der Waals surface area contributed by atoms with E-state index in [1.165, 1.54) is 5.57 Å². The Balaban J connectivity index is 2.15. The summed E-state index contributed by atoms with van der Waals surface area (Å²) < 4.78 is 0. The normalized spacial score (nSPS) is 28.2. The molecule has 1 saturated carbocycles. The number of nitrogens with one attached hydrogen (secondary N) is 1. The number of amides is 2. The molecule has 3 heteroatoms. The summed E-state index contributed by atoms with van der Waals surface area (Å²) >= 11 is 0. The van der Waals surface area contributed by atoms with Crippen LogP contribution in [-0.2, 0) is 9.59 Å². The second-order valence-corrected chi connectivity index (χ2v) is 4.32. The van der Waals surface area contributed by atoms with E-state index >= 15 is 0 Å². The Morgan fingerprint density at radius 2 is 1.86 bits per heavy atom. The van der Waals surface area contributed by atoms with E-state index < -0.39 is 0 Å². The lowest BCUT2D eigenvalue weighted by atomic mass is 9.84. The third-order valence-electron chi connectivity index (χ3n) is 3.17. The van der Waals surface area contributed by atoms with E-state index in [1.807, 2.05) is 0 Å². The Morgan fingerprint density at radius 3 is 2.36 bits per heavy atom. The number of hydrogen-bond acceptors (Lipinski definition) is 2. The molecule has 3 nitrogen and oxygen atoms in total. The van der Waals surface area contributed by atoms with Crippen LogP contribution in [0.25, 0.3) is 0 Å². The van der Waals surface area contributed by atoms with Crippen LogP contribution in [0.3, 0.4) is 0 Å². The third-order valence-corrected chi connectivity index (χ3v) is 3.17. The quantitative estimate of drug-likeness (QED) is 0.468. The van der Waals surface area contributed by atoms with Crippen LogP contribution in [0.5, 0.6) is 0 Å². The fourth-order valence-corrected chi connectivity index (χ4v) is 2.19. The molecule has 1 N–H and O–H groups in total. The minimum Gasteiger partial charge on any atom is -0.292 e. The van der Waals surface area contributed by atoms with Gasteiger partial charge in [-0.25, -0.2) is 0 Å². The molecule has 2 fully saturated rings. The molecular weight excluding hydrogens is 178 g/mol. The van der Waals surface area contributed by atoms with E-state index in [0.29, 0.717) is 6.42 Å². The van der Waals surface area contributed by atoms with Crippen LogP contribution in [0, 0.1) is 5.92 Å². The van der Waals surface area contributed by atoms with Crippen LogP contribution in [0.2, 0.25) is 0 Å². The van der Waals surface area contributed by atoms with Crippen LogP contribution >= 0.6 is 0 Å². The number of hydrogen-bond donors (Lipinski definition) is 1. The first-order valence-electron chi connectivity index (χ1n) is 5.22. The predicted molar refractivity (Wildman–Crippen MR) is 52.4 cm³/mol. The van der Waals surface area contributed by atoms with Crippen molar-refractivity contribution in [3.63, 3.8) is 0 Å². The zero-order valence-corrected chi connectivity index (χ0v) is 8.43. The van der Waals surface area contributed by atoms with Gasteiger partial charge in [-0.05, 0) is 31.6 Å². The van der Waals surface area contributed by atoms with Gasteiger partial charge in [0.1, 0.15) is 0 Å². The molecule has 0 aromatic rings. The van der Waals surface area contributed by atoms with Crippen LogP contribution in [0.15, 0.2) is 11.1 Å². The van der Waals surface area contributed by atoms with Gasteiger partial charge in [-0.2, -0.15) is 0 Å². The molecule has 1 heterocycles. The minimum atomic E-state index is -0.153. The molecule has 14 heavy (non-hydrogen) atoms. The van der Waals surface area contributed by atoms with Crippen molar-refractivity contribution in [2.75, 3.05) is 0 Å². The first-order valence-corrected chi connectivity index (χ1v) is 5.22. The van der Waals surface area contributed by atoms with Crippen molar-refractivity contribution in [1.29, 1.82) is 0 Å². The zero-order valence-electron chi connectivity index (χ0n) is 8.43. The first kappa shape index (κ1) is 9.44. The van der Waals surface area contributed by atoms with E-state index in [1.54, 1.807) is 0 Å². The van der Waals surface area contributed by atoms with Gasteiger partial charge in [-0.3, -0.25) is 14.9 Å². The smallest absolute Gasteiger partial charge is 0.254 e. The highest BCUT2D eigenvalue weighted by Gasteiger charge is 2.28. The lowest BCUT2D eigenvalue weighted by Crippen LogP contribution is -2.20. The molecular formula is C11H15NO2. The van der Waals surface area contributed by atoms with Gasteiger partial charge in [-0.15, -0.1) is 0 Å². The van der Waals surface area contributed by atoms with Crippen LogP contribution < -0.4 is 5.32 Å². The van der Waals surface area contributed by atoms with Gasteiger partial charge in [0.25, 0.3) is 5.91 Å². The van der Waals surface area contributed by atoms with Crippen molar-refractivity contribution in [2.24, 2.45) is 5.92 Å². The summed E-state index contributed by atoms with van der Waals surface area (Å²) in [5, 5.41) is 2.34. The second-order valence-electron chi connectivity index (χ2n) is 4.32. The molecule has 0 aromatic carbocycles. The Morgan fingerprint density at radius 1 is 1.21 bits per heavy atom. The monoisotopic (exact) mass is 193 g/mol. The third kappa shape index (κ3) is 1.72. The fourth-order valence-electron chi connectivity index (χ4n) is 2.19. The first-order chi connectivity index (χ1) is 6.66. The van der Waals surface area contributed by atoms with Gasteiger partial charge in [0.05, 0.1) is 6.42 Å². The van der Waals surface area contributed by atoms with Crippen LogP contribution in [0.4, 0.5) is 0 Å². The maximum Gasteiger partial charge on any atom is 0.254 e.